The highest BCUT2D eigenvalue weighted by atomic mass is 35.5. The summed E-state index contributed by atoms with van der Waals surface area (Å²) in [5.74, 6) is -0.0968. The fraction of sp³-hybridized carbons (Fsp3) is 0.364. The molecule has 1 heterocycles. The van der Waals surface area contributed by atoms with Crippen LogP contribution in [0.15, 0.2) is 36.4 Å². The zero-order valence-electron chi connectivity index (χ0n) is 17.4. The number of hydrogen-bond donors (Lipinski definition) is 2. The number of hydrogen-bond acceptors (Lipinski definition) is 4. The molecule has 2 N–H and O–H groups in total. The van der Waals surface area contributed by atoms with E-state index < -0.39 is 17.6 Å². The van der Waals surface area contributed by atoms with Crippen LogP contribution in [-0.4, -0.2) is 30.7 Å². The molecule has 0 radical (unpaired) electrons. The van der Waals surface area contributed by atoms with Crippen molar-refractivity contribution in [3.63, 3.8) is 0 Å². The van der Waals surface area contributed by atoms with Crippen LogP contribution in [0.4, 0.5) is 24.5 Å². The predicted molar refractivity (Wildman–Crippen MR) is 124 cm³/mol. The minimum absolute atomic E-state index is 0.113. The molecule has 1 aliphatic heterocycles. The van der Waals surface area contributed by atoms with Crippen LogP contribution in [0.1, 0.15) is 42.1 Å². The summed E-state index contributed by atoms with van der Waals surface area (Å²) >= 11 is 11.3. The van der Waals surface area contributed by atoms with Gasteiger partial charge in [0, 0.05) is 18.7 Å². The topological polar surface area (TPSA) is 53.6 Å². The average Bonchev–Trinajstić information content (AvgIpc) is 2.75. The first-order valence-electron chi connectivity index (χ1n) is 10.2. The number of nitrogens with zero attached hydrogens (tertiary/aromatic N) is 1. The van der Waals surface area contributed by atoms with Gasteiger partial charge in [-0.1, -0.05) is 11.6 Å². The molecular weight excluding hydrogens is 463 g/mol. The molecule has 172 valence electrons. The van der Waals surface area contributed by atoms with E-state index in [1.165, 1.54) is 18.2 Å². The van der Waals surface area contributed by atoms with Gasteiger partial charge in [-0.15, -0.1) is 0 Å². The Morgan fingerprint density at radius 3 is 2.50 bits per heavy atom. The van der Waals surface area contributed by atoms with Crippen molar-refractivity contribution < 1.29 is 22.7 Å². The summed E-state index contributed by atoms with van der Waals surface area (Å²) in [7, 11) is 0. The second-order valence-corrected chi connectivity index (χ2v) is 8.08. The fourth-order valence-corrected chi connectivity index (χ4v) is 3.90. The SMILES string of the molecule is CCOc1ccc(C(=O)NC(=S)Nc2cc(C(F)(F)F)ccc2N2CCCCC2)cc1Cl. The van der Waals surface area contributed by atoms with Crippen molar-refractivity contribution >= 4 is 46.2 Å². The van der Waals surface area contributed by atoms with Crippen LogP contribution in [0.25, 0.3) is 0 Å². The number of carbonyl (C=O) groups is 1. The van der Waals surface area contributed by atoms with Crippen molar-refractivity contribution in [2.24, 2.45) is 0 Å². The lowest BCUT2D eigenvalue weighted by Crippen LogP contribution is -2.35. The average molecular weight is 486 g/mol. The van der Waals surface area contributed by atoms with E-state index in [1.54, 1.807) is 6.07 Å². The highest BCUT2D eigenvalue weighted by Gasteiger charge is 2.31. The smallest absolute Gasteiger partial charge is 0.416 e. The third-order valence-electron chi connectivity index (χ3n) is 4.99. The van der Waals surface area contributed by atoms with E-state index >= 15 is 0 Å². The summed E-state index contributed by atoms with van der Waals surface area (Å²) < 4.78 is 45.2. The second kappa shape index (κ2) is 10.4. The van der Waals surface area contributed by atoms with Crippen molar-refractivity contribution in [2.75, 3.05) is 29.9 Å². The third kappa shape index (κ3) is 6.04. The molecule has 1 saturated heterocycles. The van der Waals surface area contributed by atoms with Gasteiger partial charge in [0.2, 0.25) is 0 Å². The predicted octanol–water partition coefficient (Wildman–Crippen LogP) is 5.87. The van der Waals surface area contributed by atoms with E-state index in [0.29, 0.717) is 18.0 Å². The number of ether oxygens (including phenoxy) is 1. The van der Waals surface area contributed by atoms with E-state index in [2.05, 4.69) is 10.6 Å². The molecular formula is C22H23ClF3N3O2S. The molecule has 10 heteroatoms. The van der Waals surface area contributed by atoms with Gasteiger partial charge in [0.05, 0.1) is 28.6 Å². The molecule has 1 amide bonds. The number of piperidine rings is 1. The number of amides is 1. The number of thiocarbonyl (C=S) groups is 1. The summed E-state index contributed by atoms with van der Waals surface area (Å²) in [6.07, 6.45) is -1.50. The fourth-order valence-electron chi connectivity index (χ4n) is 3.47. The van der Waals surface area contributed by atoms with Crippen molar-refractivity contribution in [3.8, 4) is 5.75 Å². The Balaban J connectivity index is 1.78. The van der Waals surface area contributed by atoms with Gasteiger partial charge in [-0.2, -0.15) is 13.2 Å². The van der Waals surface area contributed by atoms with Crippen LogP contribution in [0.3, 0.4) is 0 Å². The maximum atomic E-state index is 13.3. The summed E-state index contributed by atoms with van der Waals surface area (Å²) in [5.41, 5.74) is 0.242. The van der Waals surface area contributed by atoms with Gasteiger partial charge in [0.15, 0.2) is 5.11 Å². The molecule has 0 spiro atoms. The van der Waals surface area contributed by atoms with Crippen molar-refractivity contribution in [3.05, 3.63) is 52.5 Å². The van der Waals surface area contributed by atoms with Gasteiger partial charge >= 0.3 is 6.18 Å². The Bertz CT molecular complexity index is 995. The number of rotatable bonds is 5. The van der Waals surface area contributed by atoms with Crippen LogP contribution in [-0.2, 0) is 6.18 Å². The molecule has 2 aromatic rings. The Hall–Kier alpha value is -2.52. The van der Waals surface area contributed by atoms with Crippen LogP contribution in [0.2, 0.25) is 5.02 Å². The van der Waals surface area contributed by atoms with Crippen molar-refractivity contribution in [1.82, 2.24) is 5.32 Å². The lowest BCUT2D eigenvalue weighted by atomic mass is 10.1. The number of nitrogens with one attached hydrogen (secondary N) is 2. The molecule has 3 rings (SSSR count). The standard InChI is InChI=1S/C22H23ClF3N3O2S/c1-2-31-19-9-6-14(12-16(19)23)20(30)28-21(32)27-17-13-15(22(24,25)26)7-8-18(17)29-10-4-3-5-11-29/h6-9,12-13H,2-5,10-11H2,1H3,(H2,27,28,30,32). The first-order valence-corrected chi connectivity index (χ1v) is 11.0. The van der Waals surface area contributed by atoms with Crippen molar-refractivity contribution in [1.29, 1.82) is 0 Å². The minimum Gasteiger partial charge on any atom is -0.492 e. The summed E-state index contributed by atoms with van der Waals surface area (Å²) in [4.78, 5) is 14.6. The van der Waals surface area contributed by atoms with E-state index in [-0.39, 0.29) is 21.4 Å². The van der Waals surface area contributed by atoms with Gasteiger partial charge in [0.25, 0.3) is 5.91 Å². The molecule has 0 aliphatic carbocycles. The van der Waals surface area contributed by atoms with Crippen LogP contribution >= 0.6 is 23.8 Å². The summed E-state index contributed by atoms with van der Waals surface area (Å²) in [6.45, 7) is 3.72. The molecule has 0 atom stereocenters. The number of carbonyl (C=O) groups excluding carboxylic acids is 1. The Kier molecular flexibility index (Phi) is 7.84. The number of benzene rings is 2. The molecule has 0 unspecified atom stereocenters. The highest BCUT2D eigenvalue weighted by Crippen LogP contribution is 2.36. The quantitative estimate of drug-likeness (QED) is 0.518. The molecule has 1 fully saturated rings. The van der Waals surface area contributed by atoms with Gasteiger partial charge in [-0.05, 0) is 74.8 Å². The van der Waals surface area contributed by atoms with Gasteiger partial charge in [-0.25, -0.2) is 0 Å². The monoisotopic (exact) mass is 485 g/mol. The Labute approximate surface area is 194 Å². The first kappa shape index (κ1) is 24.1. The van der Waals surface area contributed by atoms with Gasteiger partial charge in [-0.3, -0.25) is 10.1 Å². The van der Waals surface area contributed by atoms with Gasteiger partial charge < -0.3 is 15.0 Å². The normalized spacial score (nSPS) is 14.1. The lowest BCUT2D eigenvalue weighted by molar-refractivity contribution is -0.137. The van der Waals surface area contributed by atoms with E-state index in [9.17, 15) is 18.0 Å². The van der Waals surface area contributed by atoms with Crippen LogP contribution in [0.5, 0.6) is 5.75 Å². The molecule has 0 aromatic heterocycles. The first-order chi connectivity index (χ1) is 15.2. The number of halogens is 4. The summed E-state index contributed by atoms with van der Waals surface area (Å²) in [6, 6.07) is 8.03. The molecule has 0 saturated carbocycles. The maximum Gasteiger partial charge on any atom is 0.416 e. The zero-order chi connectivity index (χ0) is 23.3. The lowest BCUT2D eigenvalue weighted by Gasteiger charge is -2.31. The zero-order valence-corrected chi connectivity index (χ0v) is 19.0. The van der Waals surface area contributed by atoms with E-state index in [4.69, 9.17) is 28.6 Å². The molecule has 0 bridgehead atoms. The molecule has 1 aliphatic rings. The highest BCUT2D eigenvalue weighted by molar-refractivity contribution is 7.80. The third-order valence-corrected chi connectivity index (χ3v) is 5.49. The van der Waals surface area contributed by atoms with Gasteiger partial charge in [0.1, 0.15) is 5.75 Å². The van der Waals surface area contributed by atoms with Crippen LogP contribution < -0.4 is 20.3 Å². The molecule has 2 aromatic carbocycles. The minimum atomic E-state index is -4.50. The second-order valence-electron chi connectivity index (χ2n) is 7.26. The summed E-state index contributed by atoms with van der Waals surface area (Å²) in [5, 5.41) is 5.42. The number of alkyl halides is 3. The number of anilines is 2. The van der Waals surface area contributed by atoms with Crippen LogP contribution in [0, 0.1) is 0 Å². The molecule has 5 nitrogen and oxygen atoms in total. The van der Waals surface area contributed by atoms with E-state index in [0.717, 1.165) is 44.5 Å². The molecule has 32 heavy (non-hydrogen) atoms. The Morgan fingerprint density at radius 2 is 1.88 bits per heavy atom. The Morgan fingerprint density at radius 1 is 1.16 bits per heavy atom. The largest absolute Gasteiger partial charge is 0.492 e. The van der Waals surface area contributed by atoms with E-state index in [1.807, 2.05) is 11.8 Å². The van der Waals surface area contributed by atoms with Crippen molar-refractivity contribution in [2.45, 2.75) is 32.4 Å². The maximum absolute atomic E-state index is 13.3.